The Hall–Kier alpha value is -1.46. The molecule has 2 fully saturated rings. The molecule has 0 unspecified atom stereocenters. The molecule has 1 saturated carbocycles. The second-order valence-electron chi connectivity index (χ2n) is 7.24. The number of benzene rings is 1. The molecule has 25 heavy (non-hydrogen) atoms. The van der Waals surface area contributed by atoms with Crippen LogP contribution in [0, 0.1) is 11.3 Å². The van der Waals surface area contributed by atoms with E-state index in [4.69, 9.17) is 9.47 Å². The monoisotopic (exact) mass is 366 g/mol. The molecule has 0 aromatic heterocycles. The van der Waals surface area contributed by atoms with E-state index >= 15 is 0 Å². The minimum absolute atomic E-state index is 0. The Morgan fingerprint density at radius 2 is 2.16 bits per heavy atom. The fraction of sp³-hybridized carbons (Fsp3) is 0.632. The second-order valence-corrected chi connectivity index (χ2v) is 7.24. The minimum atomic E-state index is -0.176. The molecular weight excluding hydrogens is 340 g/mol. The van der Waals surface area contributed by atoms with Gasteiger partial charge in [-0.1, -0.05) is 18.9 Å². The molecule has 1 N–H and O–H groups in total. The number of rotatable bonds is 4. The van der Waals surface area contributed by atoms with Crippen molar-refractivity contribution in [3.63, 3.8) is 0 Å². The third kappa shape index (κ3) is 3.20. The van der Waals surface area contributed by atoms with Crippen LogP contribution in [0.3, 0.4) is 0 Å². The third-order valence-electron chi connectivity index (χ3n) is 5.94. The van der Waals surface area contributed by atoms with Crippen LogP contribution in [-0.4, -0.2) is 37.2 Å². The predicted octanol–water partition coefficient (Wildman–Crippen LogP) is 2.97. The molecule has 1 aromatic carbocycles. The van der Waals surface area contributed by atoms with E-state index in [0.717, 1.165) is 43.1 Å². The van der Waals surface area contributed by atoms with Gasteiger partial charge in [-0.2, -0.15) is 0 Å². The topological polar surface area (TPSA) is 50.8 Å². The number of hydrogen-bond acceptors (Lipinski definition) is 4. The van der Waals surface area contributed by atoms with Crippen LogP contribution in [-0.2, 0) is 11.3 Å². The van der Waals surface area contributed by atoms with Gasteiger partial charge in [0.1, 0.15) is 0 Å². The summed E-state index contributed by atoms with van der Waals surface area (Å²) in [6.07, 6.45) is 4.64. The molecule has 1 amide bonds. The van der Waals surface area contributed by atoms with E-state index in [2.05, 4.69) is 12.2 Å². The highest BCUT2D eigenvalue weighted by atomic mass is 35.5. The standard InChI is InChI=1S/C19H26N2O3.ClH/c1-2-21(11-14-6-7-16-17(9-14)24-13-23-16)18(22)19-8-4-3-5-15(19)10-20-12-19;/h6-7,9,15,20H,2-5,8,10-13H2,1H3;1H/t15-,19+;/m0./s1. The summed E-state index contributed by atoms with van der Waals surface area (Å²) in [5, 5.41) is 3.48. The maximum Gasteiger partial charge on any atom is 0.231 e. The number of ether oxygens (including phenoxy) is 2. The van der Waals surface area contributed by atoms with E-state index in [1.165, 1.54) is 19.3 Å². The first kappa shape index (κ1) is 18.3. The van der Waals surface area contributed by atoms with E-state index in [9.17, 15) is 4.79 Å². The average molecular weight is 367 g/mol. The van der Waals surface area contributed by atoms with Crippen molar-refractivity contribution in [3.8, 4) is 11.5 Å². The zero-order valence-electron chi connectivity index (χ0n) is 14.8. The van der Waals surface area contributed by atoms with E-state index in [1.807, 2.05) is 23.1 Å². The number of hydrogen-bond donors (Lipinski definition) is 1. The Kier molecular flexibility index (Phi) is 5.44. The molecule has 4 rings (SSSR count). The highest BCUT2D eigenvalue weighted by Gasteiger charge is 2.51. The first-order valence-corrected chi connectivity index (χ1v) is 9.11. The highest BCUT2D eigenvalue weighted by molar-refractivity contribution is 5.85. The molecular formula is C19H27ClN2O3. The van der Waals surface area contributed by atoms with Crippen LogP contribution in [0.1, 0.15) is 38.2 Å². The van der Waals surface area contributed by atoms with Crippen molar-refractivity contribution in [2.24, 2.45) is 11.3 Å². The summed E-state index contributed by atoms with van der Waals surface area (Å²) in [6.45, 7) is 5.57. The maximum absolute atomic E-state index is 13.4. The Morgan fingerprint density at radius 1 is 1.32 bits per heavy atom. The Balaban J connectivity index is 0.00000182. The molecule has 1 aromatic rings. The second kappa shape index (κ2) is 7.42. The first-order chi connectivity index (χ1) is 11.7. The third-order valence-corrected chi connectivity index (χ3v) is 5.94. The quantitative estimate of drug-likeness (QED) is 0.890. The normalized spacial score (nSPS) is 26.7. The van der Waals surface area contributed by atoms with Gasteiger partial charge in [0.2, 0.25) is 12.7 Å². The maximum atomic E-state index is 13.4. The van der Waals surface area contributed by atoms with Gasteiger partial charge in [-0.3, -0.25) is 4.79 Å². The van der Waals surface area contributed by atoms with Crippen LogP contribution in [0.25, 0.3) is 0 Å². The van der Waals surface area contributed by atoms with E-state index in [1.54, 1.807) is 0 Å². The van der Waals surface area contributed by atoms with Gasteiger partial charge in [-0.15, -0.1) is 12.4 Å². The summed E-state index contributed by atoms with van der Waals surface area (Å²) in [5.74, 6) is 2.41. The van der Waals surface area contributed by atoms with Crippen molar-refractivity contribution in [2.75, 3.05) is 26.4 Å². The molecule has 0 spiro atoms. The number of nitrogens with one attached hydrogen (secondary N) is 1. The molecule has 5 nitrogen and oxygen atoms in total. The van der Waals surface area contributed by atoms with E-state index in [-0.39, 0.29) is 24.6 Å². The van der Waals surface area contributed by atoms with Gasteiger partial charge in [-0.05, 0) is 49.9 Å². The summed E-state index contributed by atoms with van der Waals surface area (Å²) in [7, 11) is 0. The molecule has 0 radical (unpaired) electrons. The summed E-state index contributed by atoms with van der Waals surface area (Å²) >= 11 is 0. The lowest BCUT2D eigenvalue weighted by Gasteiger charge is -2.40. The van der Waals surface area contributed by atoms with Crippen molar-refractivity contribution in [2.45, 2.75) is 39.2 Å². The van der Waals surface area contributed by atoms with Crippen molar-refractivity contribution in [1.29, 1.82) is 0 Å². The van der Waals surface area contributed by atoms with Crippen LogP contribution in [0.5, 0.6) is 11.5 Å². The van der Waals surface area contributed by atoms with Crippen LogP contribution >= 0.6 is 12.4 Å². The Morgan fingerprint density at radius 3 is 3.00 bits per heavy atom. The lowest BCUT2D eigenvalue weighted by molar-refractivity contribution is -0.145. The summed E-state index contributed by atoms with van der Waals surface area (Å²) in [6, 6.07) is 5.97. The fourth-order valence-corrected chi connectivity index (χ4v) is 4.57. The van der Waals surface area contributed by atoms with Crippen molar-refractivity contribution >= 4 is 18.3 Å². The zero-order valence-corrected chi connectivity index (χ0v) is 15.6. The SMILES string of the molecule is CCN(Cc1ccc2c(c1)OCO2)C(=O)[C@@]12CCCC[C@H]1CNC2.Cl. The summed E-state index contributed by atoms with van der Waals surface area (Å²) < 4.78 is 10.8. The molecule has 0 bridgehead atoms. The number of carbonyl (C=O) groups is 1. The summed E-state index contributed by atoms with van der Waals surface area (Å²) in [5.41, 5.74) is 0.925. The predicted molar refractivity (Wildman–Crippen MR) is 98.2 cm³/mol. The number of nitrogens with zero attached hydrogens (tertiary/aromatic N) is 1. The fourth-order valence-electron chi connectivity index (χ4n) is 4.57. The van der Waals surface area contributed by atoms with Gasteiger partial charge < -0.3 is 19.7 Å². The average Bonchev–Trinajstić information content (AvgIpc) is 3.25. The van der Waals surface area contributed by atoms with Crippen LogP contribution < -0.4 is 14.8 Å². The van der Waals surface area contributed by atoms with Crippen molar-refractivity contribution in [1.82, 2.24) is 10.2 Å². The van der Waals surface area contributed by atoms with Gasteiger partial charge in [0.05, 0.1) is 5.41 Å². The molecule has 2 heterocycles. The lowest BCUT2D eigenvalue weighted by Crippen LogP contribution is -2.49. The molecule has 138 valence electrons. The molecule has 1 saturated heterocycles. The van der Waals surface area contributed by atoms with Gasteiger partial charge in [0.25, 0.3) is 0 Å². The largest absolute Gasteiger partial charge is 0.454 e. The van der Waals surface area contributed by atoms with Crippen LogP contribution in [0.15, 0.2) is 18.2 Å². The number of carbonyl (C=O) groups excluding carboxylic acids is 1. The van der Waals surface area contributed by atoms with Crippen LogP contribution in [0.2, 0.25) is 0 Å². The number of amides is 1. The summed E-state index contributed by atoms with van der Waals surface area (Å²) in [4.78, 5) is 15.4. The first-order valence-electron chi connectivity index (χ1n) is 9.11. The van der Waals surface area contributed by atoms with Crippen LogP contribution in [0.4, 0.5) is 0 Å². The van der Waals surface area contributed by atoms with Crippen molar-refractivity contribution < 1.29 is 14.3 Å². The minimum Gasteiger partial charge on any atom is -0.454 e. The molecule has 6 heteroatoms. The van der Waals surface area contributed by atoms with E-state index in [0.29, 0.717) is 18.4 Å². The highest BCUT2D eigenvalue weighted by Crippen LogP contribution is 2.45. The molecule has 1 aliphatic carbocycles. The molecule has 2 atom stereocenters. The Bertz CT molecular complexity index is 639. The van der Waals surface area contributed by atoms with E-state index < -0.39 is 0 Å². The number of fused-ring (bicyclic) bond motifs is 2. The lowest BCUT2D eigenvalue weighted by atomic mass is 9.67. The molecule has 3 aliphatic rings. The van der Waals surface area contributed by atoms with Gasteiger partial charge in [0, 0.05) is 19.6 Å². The van der Waals surface area contributed by atoms with Gasteiger partial charge in [-0.25, -0.2) is 0 Å². The number of halogens is 1. The van der Waals surface area contributed by atoms with Crippen molar-refractivity contribution in [3.05, 3.63) is 23.8 Å². The van der Waals surface area contributed by atoms with Gasteiger partial charge in [0.15, 0.2) is 11.5 Å². The Labute approximate surface area is 155 Å². The van der Waals surface area contributed by atoms with Gasteiger partial charge >= 0.3 is 0 Å². The molecule has 2 aliphatic heterocycles. The smallest absolute Gasteiger partial charge is 0.231 e. The zero-order chi connectivity index (χ0) is 16.6.